The Morgan fingerprint density at radius 2 is 1.61 bits per heavy atom. The fraction of sp³-hybridized carbons (Fsp3) is 0.441. The third-order valence-electron chi connectivity index (χ3n) is 7.59. The van der Waals surface area contributed by atoms with E-state index in [4.69, 9.17) is 4.74 Å². The molecule has 1 saturated carbocycles. The number of hydrogen-bond donors (Lipinski definition) is 2. The van der Waals surface area contributed by atoms with Crippen LogP contribution in [-0.2, 0) is 20.7 Å². The van der Waals surface area contributed by atoms with Crippen LogP contribution < -0.4 is 10.6 Å². The Morgan fingerprint density at radius 3 is 2.20 bits per heavy atom. The number of nitrogens with one attached hydrogen (secondary N) is 2. The lowest BCUT2D eigenvalue weighted by Crippen LogP contribution is -2.55. The van der Waals surface area contributed by atoms with Crippen LogP contribution in [0.3, 0.4) is 0 Å². The average molecular weight is 558 g/mol. The highest BCUT2D eigenvalue weighted by Crippen LogP contribution is 2.37. The second-order valence-electron chi connectivity index (χ2n) is 12.0. The summed E-state index contributed by atoms with van der Waals surface area (Å²) in [5.74, 6) is -0.723. The van der Waals surface area contributed by atoms with E-state index in [-0.39, 0.29) is 23.8 Å². The minimum atomic E-state index is -0.862. The Labute approximate surface area is 243 Å². The molecule has 3 unspecified atom stereocenters. The normalized spacial score (nSPS) is 15.5. The van der Waals surface area contributed by atoms with Crippen molar-refractivity contribution >= 4 is 34.4 Å². The number of benzene rings is 3. The van der Waals surface area contributed by atoms with Gasteiger partial charge in [0, 0.05) is 11.7 Å². The smallest absolute Gasteiger partial charge is 0.408 e. The molecule has 7 nitrogen and oxygen atoms in total. The number of anilines is 1. The number of alkyl carbamates (subject to hydrolysis) is 1. The molecule has 0 bridgehead atoms. The lowest BCUT2D eigenvalue weighted by atomic mass is 9.95. The van der Waals surface area contributed by atoms with Crippen molar-refractivity contribution in [1.82, 2.24) is 10.2 Å². The summed E-state index contributed by atoms with van der Waals surface area (Å²) in [5.41, 5.74) is 1.85. The first-order valence-corrected chi connectivity index (χ1v) is 14.7. The molecule has 1 fully saturated rings. The van der Waals surface area contributed by atoms with E-state index in [1.807, 2.05) is 80.6 Å². The Morgan fingerprint density at radius 1 is 0.951 bits per heavy atom. The summed E-state index contributed by atoms with van der Waals surface area (Å²) >= 11 is 0. The molecule has 218 valence electrons. The maximum Gasteiger partial charge on any atom is 0.408 e. The number of hydrogen-bond acceptors (Lipinski definition) is 4. The van der Waals surface area contributed by atoms with Gasteiger partial charge in [-0.05, 0) is 80.0 Å². The topological polar surface area (TPSA) is 87.7 Å². The van der Waals surface area contributed by atoms with Gasteiger partial charge in [-0.2, -0.15) is 0 Å². The molecule has 1 aliphatic carbocycles. The number of aryl methyl sites for hydroxylation is 1. The van der Waals surface area contributed by atoms with Crippen LogP contribution in [0.4, 0.5) is 10.5 Å². The molecule has 2 N–H and O–H groups in total. The van der Waals surface area contributed by atoms with Gasteiger partial charge in [0.25, 0.3) is 5.91 Å². The molecule has 0 aliphatic heterocycles. The van der Waals surface area contributed by atoms with Gasteiger partial charge in [-0.3, -0.25) is 9.59 Å². The van der Waals surface area contributed by atoms with E-state index >= 15 is 0 Å². The number of amides is 3. The van der Waals surface area contributed by atoms with Crippen molar-refractivity contribution < 1.29 is 19.1 Å². The highest BCUT2D eigenvalue weighted by molar-refractivity contribution is 6.00. The van der Waals surface area contributed by atoms with Crippen molar-refractivity contribution in [3.8, 4) is 0 Å². The molecule has 0 radical (unpaired) electrons. The van der Waals surface area contributed by atoms with Crippen LogP contribution in [0.15, 0.2) is 66.7 Å². The van der Waals surface area contributed by atoms with Gasteiger partial charge >= 0.3 is 6.09 Å². The molecule has 0 spiro atoms. The zero-order valence-corrected chi connectivity index (χ0v) is 25.1. The van der Waals surface area contributed by atoms with Crippen molar-refractivity contribution in [2.45, 2.75) is 91.0 Å². The summed E-state index contributed by atoms with van der Waals surface area (Å²) in [4.78, 5) is 43.0. The van der Waals surface area contributed by atoms with Gasteiger partial charge in [0.05, 0.1) is 0 Å². The van der Waals surface area contributed by atoms with E-state index in [0.717, 1.165) is 41.2 Å². The van der Waals surface area contributed by atoms with Gasteiger partial charge in [0.15, 0.2) is 0 Å². The van der Waals surface area contributed by atoms with E-state index in [1.54, 1.807) is 25.7 Å². The SMILES string of the molecule is CCc1ccc(C(C(=O)Nc2ccc3ccccc3c2)N(C(=O)C(NC(=O)OC(C)(C)C)C(C)CC)C2CC2)cc1. The highest BCUT2D eigenvalue weighted by Gasteiger charge is 2.45. The summed E-state index contributed by atoms with van der Waals surface area (Å²) in [6.07, 6.45) is 2.51. The molecular weight excluding hydrogens is 514 g/mol. The Hall–Kier alpha value is -3.87. The van der Waals surface area contributed by atoms with Gasteiger partial charge in [0.2, 0.25) is 5.91 Å². The third kappa shape index (κ3) is 7.66. The van der Waals surface area contributed by atoms with Crippen molar-refractivity contribution in [3.05, 3.63) is 77.9 Å². The van der Waals surface area contributed by atoms with Crippen molar-refractivity contribution in [2.24, 2.45) is 5.92 Å². The predicted molar refractivity (Wildman–Crippen MR) is 164 cm³/mol. The summed E-state index contributed by atoms with van der Waals surface area (Å²) in [7, 11) is 0. The number of carbonyl (C=O) groups excluding carboxylic acids is 3. The Balaban J connectivity index is 1.70. The van der Waals surface area contributed by atoms with Crippen LogP contribution in [0.25, 0.3) is 10.8 Å². The fourth-order valence-corrected chi connectivity index (χ4v) is 5.00. The number of ether oxygens (including phenoxy) is 1. The van der Waals surface area contributed by atoms with E-state index in [1.165, 1.54) is 0 Å². The minimum Gasteiger partial charge on any atom is -0.444 e. The van der Waals surface area contributed by atoms with Crippen LogP contribution >= 0.6 is 0 Å². The second kappa shape index (κ2) is 12.8. The number of fused-ring (bicyclic) bond motifs is 1. The molecule has 0 saturated heterocycles. The van der Waals surface area contributed by atoms with Gasteiger partial charge in [-0.1, -0.05) is 81.8 Å². The quantitative estimate of drug-likeness (QED) is 0.281. The molecule has 0 heterocycles. The van der Waals surface area contributed by atoms with Crippen LogP contribution in [-0.4, -0.2) is 40.5 Å². The molecule has 3 atom stereocenters. The van der Waals surface area contributed by atoms with Gasteiger partial charge < -0.3 is 20.3 Å². The van der Waals surface area contributed by atoms with Crippen LogP contribution in [0.1, 0.15) is 78.0 Å². The maximum atomic E-state index is 14.4. The largest absolute Gasteiger partial charge is 0.444 e. The molecule has 3 aromatic rings. The molecule has 1 aliphatic rings. The minimum absolute atomic E-state index is 0.0901. The van der Waals surface area contributed by atoms with Crippen molar-refractivity contribution in [3.63, 3.8) is 0 Å². The summed E-state index contributed by atoms with van der Waals surface area (Å²) < 4.78 is 5.50. The van der Waals surface area contributed by atoms with Crippen LogP contribution in [0, 0.1) is 5.92 Å². The van der Waals surface area contributed by atoms with Crippen LogP contribution in [0.2, 0.25) is 0 Å². The third-order valence-corrected chi connectivity index (χ3v) is 7.59. The number of nitrogens with zero attached hydrogens (tertiary/aromatic N) is 1. The highest BCUT2D eigenvalue weighted by atomic mass is 16.6. The molecule has 3 amide bonds. The molecule has 4 rings (SSSR count). The second-order valence-corrected chi connectivity index (χ2v) is 12.0. The molecule has 3 aromatic carbocycles. The van der Waals surface area contributed by atoms with E-state index < -0.39 is 23.8 Å². The first-order valence-electron chi connectivity index (χ1n) is 14.7. The van der Waals surface area contributed by atoms with E-state index in [9.17, 15) is 14.4 Å². The maximum absolute atomic E-state index is 14.4. The fourth-order valence-electron chi connectivity index (χ4n) is 5.00. The van der Waals surface area contributed by atoms with Gasteiger partial charge in [0.1, 0.15) is 17.7 Å². The standard InChI is InChI=1S/C34H43N3O4/c1-7-22(3)29(36-33(40)41-34(4,5)6)32(39)37(28-19-20-28)30(25-15-13-23(8-2)14-16-25)31(38)35-27-18-17-24-11-9-10-12-26(24)21-27/h9-18,21-22,28-30H,7-8,19-20H2,1-6H3,(H,35,38)(H,36,40). The first kappa shape index (κ1) is 30.1. The Bertz CT molecular complexity index is 1370. The average Bonchev–Trinajstić information content (AvgIpc) is 3.78. The lowest BCUT2D eigenvalue weighted by molar-refractivity contribution is -0.142. The molecule has 7 heteroatoms. The van der Waals surface area contributed by atoms with Gasteiger partial charge in [-0.15, -0.1) is 0 Å². The van der Waals surface area contributed by atoms with E-state index in [2.05, 4.69) is 17.6 Å². The Kier molecular flexibility index (Phi) is 9.36. The number of carbonyl (C=O) groups is 3. The summed E-state index contributed by atoms with van der Waals surface area (Å²) in [6.45, 7) is 11.4. The van der Waals surface area contributed by atoms with Crippen molar-refractivity contribution in [1.29, 1.82) is 0 Å². The zero-order chi connectivity index (χ0) is 29.7. The van der Waals surface area contributed by atoms with Gasteiger partial charge in [-0.25, -0.2) is 4.79 Å². The summed E-state index contributed by atoms with van der Waals surface area (Å²) in [5, 5.41) is 8.02. The molecular formula is C34H43N3O4. The lowest BCUT2D eigenvalue weighted by Gasteiger charge is -2.36. The van der Waals surface area contributed by atoms with Crippen LogP contribution in [0.5, 0.6) is 0 Å². The van der Waals surface area contributed by atoms with E-state index in [0.29, 0.717) is 12.1 Å². The zero-order valence-electron chi connectivity index (χ0n) is 25.1. The predicted octanol–water partition coefficient (Wildman–Crippen LogP) is 7.01. The number of rotatable bonds is 10. The summed E-state index contributed by atoms with van der Waals surface area (Å²) in [6, 6.07) is 19.9. The van der Waals surface area contributed by atoms with Crippen molar-refractivity contribution in [2.75, 3.05) is 5.32 Å². The monoisotopic (exact) mass is 557 g/mol. The molecule has 41 heavy (non-hydrogen) atoms. The first-order chi connectivity index (χ1) is 19.5. The molecule has 0 aromatic heterocycles.